The third-order valence-electron chi connectivity index (χ3n) is 3.71. The predicted octanol–water partition coefficient (Wildman–Crippen LogP) is 2.93. The van der Waals surface area contributed by atoms with E-state index in [2.05, 4.69) is 5.32 Å². The molecule has 6 heteroatoms. The van der Waals surface area contributed by atoms with Crippen LogP contribution in [0.3, 0.4) is 0 Å². The van der Waals surface area contributed by atoms with Crippen molar-refractivity contribution >= 4 is 23.3 Å². The number of anilines is 2. The lowest BCUT2D eigenvalue weighted by atomic mass is 10.1. The summed E-state index contributed by atoms with van der Waals surface area (Å²) in [6.45, 7) is 3.29. The van der Waals surface area contributed by atoms with E-state index in [0.717, 1.165) is 16.8 Å². The van der Waals surface area contributed by atoms with Gasteiger partial charge in [0.15, 0.2) is 13.2 Å². The molecule has 0 spiro atoms. The first-order valence-corrected chi connectivity index (χ1v) is 8.28. The number of benzene rings is 2. The number of amides is 1. The summed E-state index contributed by atoms with van der Waals surface area (Å²) in [6.07, 6.45) is 0. The normalized spacial score (nSPS) is 10.2. The summed E-state index contributed by atoms with van der Waals surface area (Å²) in [5, 5.41) is 2.68. The van der Waals surface area contributed by atoms with Crippen LogP contribution in [0, 0.1) is 13.8 Å². The summed E-state index contributed by atoms with van der Waals surface area (Å²) >= 11 is 0. The molecule has 0 saturated heterocycles. The van der Waals surface area contributed by atoms with Gasteiger partial charge in [0.1, 0.15) is 5.75 Å². The summed E-state index contributed by atoms with van der Waals surface area (Å²) < 4.78 is 10.4. The Hall–Kier alpha value is -3.02. The van der Waals surface area contributed by atoms with Crippen LogP contribution in [0.1, 0.15) is 11.1 Å². The fourth-order valence-electron chi connectivity index (χ4n) is 2.33. The zero-order valence-corrected chi connectivity index (χ0v) is 15.5. The van der Waals surface area contributed by atoms with Crippen LogP contribution in [-0.2, 0) is 14.3 Å². The van der Waals surface area contributed by atoms with E-state index in [1.165, 1.54) is 0 Å². The van der Waals surface area contributed by atoms with Crippen LogP contribution in [0.5, 0.6) is 5.75 Å². The van der Waals surface area contributed by atoms with E-state index in [9.17, 15) is 9.59 Å². The molecule has 0 aromatic heterocycles. The van der Waals surface area contributed by atoms with Gasteiger partial charge in [-0.05, 0) is 49.7 Å². The molecule has 0 radical (unpaired) electrons. The van der Waals surface area contributed by atoms with Gasteiger partial charge in [0.05, 0.1) is 0 Å². The predicted molar refractivity (Wildman–Crippen MR) is 102 cm³/mol. The van der Waals surface area contributed by atoms with E-state index in [-0.39, 0.29) is 13.2 Å². The number of hydrogen-bond acceptors (Lipinski definition) is 5. The van der Waals surface area contributed by atoms with Gasteiger partial charge < -0.3 is 19.7 Å². The summed E-state index contributed by atoms with van der Waals surface area (Å²) in [5.74, 6) is -0.372. The van der Waals surface area contributed by atoms with Crippen LogP contribution in [0.2, 0.25) is 0 Å². The van der Waals surface area contributed by atoms with Crippen LogP contribution in [-0.4, -0.2) is 39.2 Å². The van der Waals surface area contributed by atoms with Crippen molar-refractivity contribution in [1.29, 1.82) is 0 Å². The van der Waals surface area contributed by atoms with E-state index < -0.39 is 11.9 Å². The van der Waals surface area contributed by atoms with Crippen molar-refractivity contribution in [2.24, 2.45) is 0 Å². The first-order chi connectivity index (χ1) is 12.3. The van der Waals surface area contributed by atoms with Gasteiger partial charge >= 0.3 is 5.97 Å². The number of carbonyl (C=O) groups is 2. The first-order valence-electron chi connectivity index (χ1n) is 8.28. The monoisotopic (exact) mass is 356 g/mol. The van der Waals surface area contributed by atoms with Gasteiger partial charge in [-0.3, -0.25) is 4.79 Å². The Kier molecular flexibility index (Phi) is 6.60. The lowest BCUT2D eigenvalue weighted by molar-refractivity contribution is -0.149. The van der Waals surface area contributed by atoms with Crippen molar-refractivity contribution in [2.45, 2.75) is 13.8 Å². The van der Waals surface area contributed by atoms with Gasteiger partial charge in [-0.25, -0.2) is 4.79 Å². The summed E-state index contributed by atoms with van der Waals surface area (Å²) in [5.41, 5.74) is 3.73. The van der Waals surface area contributed by atoms with Crippen LogP contribution < -0.4 is 15.0 Å². The second-order valence-electron chi connectivity index (χ2n) is 6.21. The van der Waals surface area contributed by atoms with Crippen LogP contribution in [0.15, 0.2) is 42.5 Å². The number of nitrogens with one attached hydrogen (secondary N) is 1. The maximum Gasteiger partial charge on any atom is 0.344 e. The average Bonchev–Trinajstić information content (AvgIpc) is 2.59. The molecule has 0 aliphatic rings. The highest BCUT2D eigenvalue weighted by atomic mass is 16.6. The molecule has 0 aliphatic heterocycles. The Morgan fingerprint density at radius 2 is 1.69 bits per heavy atom. The Labute approximate surface area is 153 Å². The highest BCUT2D eigenvalue weighted by Gasteiger charge is 2.10. The lowest BCUT2D eigenvalue weighted by Crippen LogP contribution is -2.23. The molecule has 2 aromatic carbocycles. The molecular weight excluding hydrogens is 332 g/mol. The molecule has 2 rings (SSSR count). The van der Waals surface area contributed by atoms with Gasteiger partial charge in [0.25, 0.3) is 5.91 Å². The molecule has 0 aliphatic carbocycles. The number of carbonyl (C=O) groups excluding carboxylic acids is 2. The Bertz CT molecular complexity index is 770. The van der Waals surface area contributed by atoms with Crippen LogP contribution in [0.25, 0.3) is 0 Å². The summed E-state index contributed by atoms with van der Waals surface area (Å²) in [7, 11) is 3.88. The minimum absolute atomic E-state index is 0.241. The third kappa shape index (κ3) is 5.81. The molecular formula is C20H24N2O4. The molecule has 26 heavy (non-hydrogen) atoms. The highest BCUT2D eigenvalue weighted by molar-refractivity contribution is 5.93. The van der Waals surface area contributed by atoms with E-state index in [0.29, 0.717) is 11.4 Å². The number of rotatable bonds is 7. The van der Waals surface area contributed by atoms with Crippen molar-refractivity contribution in [3.63, 3.8) is 0 Å². The summed E-state index contributed by atoms with van der Waals surface area (Å²) in [4.78, 5) is 25.6. The van der Waals surface area contributed by atoms with Crippen molar-refractivity contribution in [3.05, 3.63) is 53.6 Å². The number of nitrogens with zero attached hydrogens (tertiary/aromatic N) is 1. The summed E-state index contributed by atoms with van der Waals surface area (Å²) in [6, 6.07) is 13.0. The first kappa shape index (κ1) is 19.3. The SMILES string of the molecule is Cc1ccc(OCC(=O)OCC(=O)Nc2ccc(N(C)C)cc2)c(C)c1. The minimum atomic E-state index is -0.594. The third-order valence-corrected chi connectivity index (χ3v) is 3.71. The highest BCUT2D eigenvalue weighted by Crippen LogP contribution is 2.18. The zero-order chi connectivity index (χ0) is 19.1. The average molecular weight is 356 g/mol. The molecule has 2 aromatic rings. The molecule has 0 heterocycles. The maximum atomic E-state index is 11.9. The molecule has 6 nitrogen and oxygen atoms in total. The lowest BCUT2D eigenvalue weighted by Gasteiger charge is -2.13. The molecule has 1 amide bonds. The Morgan fingerprint density at radius 1 is 1.00 bits per heavy atom. The van der Waals surface area contributed by atoms with Gasteiger partial charge in [0.2, 0.25) is 0 Å². The maximum absolute atomic E-state index is 11.9. The second kappa shape index (κ2) is 8.89. The van der Waals surface area contributed by atoms with E-state index >= 15 is 0 Å². The molecule has 0 fully saturated rings. The topological polar surface area (TPSA) is 67.9 Å². The van der Waals surface area contributed by atoms with Gasteiger partial charge in [-0.2, -0.15) is 0 Å². The fraction of sp³-hybridized carbons (Fsp3) is 0.300. The van der Waals surface area contributed by atoms with E-state index in [1.54, 1.807) is 12.1 Å². The largest absolute Gasteiger partial charge is 0.482 e. The molecule has 138 valence electrons. The Morgan fingerprint density at radius 3 is 2.31 bits per heavy atom. The smallest absolute Gasteiger partial charge is 0.344 e. The van der Waals surface area contributed by atoms with Crippen molar-refractivity contribution in [1.82, 2.24) is 0 Å². The standard InChI is InChI=1S/C20H24N2O4/c1-14-5-10-18(15(2)11-14)25-13-20(24)26-12-19(23)21-16-6-8-17(9-7-16)22(3)4/h5-11H,12-13H2,1-4H3,(H,21,23). The van der Waals surface area contributed by atoms with Crippen molar-refractivity contribution in [3.8, 4) is 5.75 Å². The van der Waals surface area contributed by atoms with Gasteiger partial charge in [-0.15, -0.1) is 0 Å². The molecule has 1 N–H and O–H groups in total. The van der Waals surface area contributed by atoms with E-state index in [1.807, 2.05) is 63.2 Å². The molecule has 0 unspecified atom stereocenters. The number of hydrogen-bond donors (Lipinski definition) is 1. The van der Waals surface area contributed by atoms with Crippen LogP contribution in [0.4, 0.5) is 11.4 Å². The van der Waals surface area contributed by atoms with Crippen molar-refractivity contribution in [2.75, 3.05) is 37.5 Å². The van der Waals surface area contributed by atoms with E-state index in [4.69, 9.17) is 9.47 Å². The van der Waals surface area contributed by atoms with Gasteiger partial charge in [-0.1, -0.05) is 17.7 Å². The minimum Gasteiger partial charge on any atom is -0.482 e. The Balaban J connectivity index is 1.75. The fourth-order valence-corrected chi connectivity index (χ4v) is 2.33. The molecule has 0 atom stereocenters. The molecule has 0 saturated carbocycles. The quantitative estimate of drug-likeness (QED) is 0.773. The molecule has 0 bridgehead atoms. The second-order valence-corrected chi connectivity index (χ2v) is 6.21. The zero-order valence-electron chi connectivity index (χ0n) is 15.5. The number of aryl methyl sites for hydroxylation is 2. The van der Waals surface area contributed by atoms with Crippen molar-refractivity contribution < 1.29 is 19.1 Å². The number of esters is 1. The number of ether oxygens (including phenoxy) is 2. The van der Waals surface area contributed by atoms with Crippen LogP contribution >= 0.6 is 0 Å². The van der Waals surface area contributed by atoms with Gasteiger partial charge in [0, 0.05) is 25.5 Å².